The number of hydrogen-bond donors (Lipinski definition) is 2. The number of aromatic hydroxyl groups is 1. The molecule has 6 nitrogen and oxygen atoms in total. The van der Waals surface area contributed by atoms with Crippen LogP contribution in [0.3, 0.4) is 0 Å². The average molecular weight is 415 g/mol. The molecule has 0 spiro atoms. The smallest absolute Gasteiger partial charge is 0.213 e. The second-order valence-corrected chi connectivity index (χ2v) is 8.39. The minimum Gasteiger partial charge on any atom is -0.504 e. The van der Waals surface area contributed by atoms with Gasteiger partial charge in [-0.1, -0.05) is 30.3 Å². The van der Waals surface area contributed by atoms with Gasteiger partial charge in [-0.25, -0.2) is 17.9 Å². The van der Waals surface area contributed by atoms with Crippen LogP contribution >= 0.6 is 0 Å². The number of halogens is 1. The molecule has 1 heterocycles. The molecule has 29 heavy (non-hydrogen) atoms. The molecule has 0 fully saturated rings. The van der Waals surface area contributed by atoms with Gasteiger partial charge in [-0.05, 0) is 41.0 Å². The van der Waals surface area contributed by atoms with Gasteiger partial charge < -0.3 is 14.6 Å². The Morgan fingerprint density at radius 3 is 2.66 bits per heavy atom. The van der Waals surface area contributed by atoms with E-state index in [0.717, 1.165) is 0 Å². The largest absolute Gasteiger partial charge is 0.504 e. The second kappa shape index (κ2) is 7.06. The van der Waals surface area contributed by atoms with Crippen LogP contribution in [0.25, 0.3) is 11.1 Å². The van der Waals surface area contributed by atoms with E-state index >= 15 is 0 Å². The highest BCUT2D eigenvalue weighted by Crippen LogP contribution is 2.51. The Morgan fingerprint density at radius 1 is 1.17 bits per heavy atom. The molecule has 0 aliphatic carbocycles. The lowest BCUT2D eigenvalue weighted by Gasteiger charge is -2.30. The Hall–Kier alpha value is -3.10. The second-order valence-electron chi connectivity index (χ2n) is 6.77. The van der Waals surface area contributed by atoms with Gasteiger partial charge in [-0.3, -0.25) is 0 Å². The molecular weight excluding hydrogens is 397 g/mol. The van der Waals surface area contributed by atoms with Gasteiger partial charge >= 0.3 is 0 Å². The number of benzene rings is 3. The summed E-state index contributed by atoms with van der Waals surface area (Å²) in [6.07, 6.45) is -0.678. The highest BCUT2D eigenvalue weighted by atomic mass is 32.2. The number of hydrogen-bond acceptors (Lipinski definition) is 5. The first-order valence-electron chi connectivity index (χ1n) is 8.72. The summed E-state index contributed by atoms with van der Waals surface area (Å²) in [6, 6.07) is 14.1. The van der Waals surface area contributed by atoms with Gasteiger partial charge in [0, 0.05) is 5.56 Å². The molecule has 8 heteroatoms. The molecule has 1 unspecified atom stereocenters. The van der Waals surface area contributed by atoms with Gasteiger partial charge in [-0.2, -0.15) is 0 Å². The molecular formula is C21H18FNO5S. The zero-order chi connectivity index (χ0) is 20.8. The average Bonchev–Trinajstić information content (AvgIpc) is 2.66. The summed E-state index contributed by atoms with van der Waals surface area (Å²) >= 11 is 0. The molecule has 0 bridgehead atoms. The van der Waals surface area contributed by atoms with E-state index in [1.165, 1.54) is 25.3 Å². The van der Waals surface area contributed by atoms with Crippen LogP contribution in [0.15, 0.2) is 54.6 Å². The van der Waals surface area contributed by atoms with Crippen molar-refractivity contribution in [1.29, 1.82) is 0 Å². The molecule has 3 N–H and O–H groups in total. The summed E-state index contributed by atoms with van der Waals surface area (Å²) in [7, 11) is -2.30. The molecule has 4 rings (SSSR count). The Kier molecular flexibility index (Phi) is 4.68. The Morgan fingerprint density at radius 2 is 1.97 bits per heavy atom. The summed E-state index contributed by atoms with van der Waals surface area (Å²) in [4.78, 5) is 0. The van der Waals surface area contributed by atoms with Crippen LogP contribution in [0.1, 0.15) is 22.8 Å². The van der Waals surface area contributed by atoms with Crippen molar-refractivity contribution in [2.45, 2.75) is 11.9 Å². The molecule has 0 aromatic heterocycles. The minimum atomic E-state index is -3.74. The summed E-state index contributed by atoms with van der Waals surface area (Å²) in [5.41, 5.74) is 2.88. The fourth-order valence-electron chi connectivity index (χ4n) is 3.60. The number of primary sulfonamides is 1. The summed E-state index contributed by atoms with van der Waals surface area (Å²) in [6.45, 7) is 0. The lowest BCUT2D eigenvalue weighted by Crippen LogP contribution is -2.18. The van der Waals surface area contributed by atoms with Gasteiger partial charge in [-0.15, -0.1) is 0 Å². The van der Waals surface area contributed by atoms with Crippen molar-refractivity contribution < 1.29 is 27.4 Å². The van der Waals surface area contributed by atoms with Crippen LogP contribution in [-0.2, 0) is 15.8 Å². The van der Waals surface area contributed by atoms with Crippen LogP contribution < -0.4 is 14.6 Å². The third-order valence-electron chi connectivity index (χ3n) is 4.73. The summed E-state index contributed by atoms with van der Waals surface area (Å²) < 4.78 is 48.5. The normalized spacial score (nSPS) is 15.2. The summed E-state index contributed by atoms with van der Waals surface area (Å²) in [5.74, 6) is -0.123. The molecule has 0 saturated heterocycles. The Balaban J connectivity index is 1.96. The molecule has 3 aromatic carbocycles. The highest BCUT2D eigenvalue weighted by Gasteiger charge is 2.31. The number of methoxy groups -OCH3 is 1. The molecule has 1 aliphatic rings. The van der Waals surface area contributed by atoms with Crippen LogP contribution in [0.5, 0.6) is 17.2 Å². The van der Waals surface area contributed by atoms with E-state index in [2.05, 4.69) is 0 Å². The third-order valence-corrected chi connectivity index (χ3v) is 5.47. The first-order chi connectivity index (χ1) is 13.8. The molecule has 150 valence electrons. The molecule has 1 atom stereocenters. The van der Waals surface area contributed by atoms with E-state index < -0.39 is 21.9 Å². The quantitative estimate of drug-likeness (QED) is 0.680. The zero-order valence-electron chi connectivity index (χ0n) is 15.4. The van der Waals surface area contributed by atoms with Crippen molar-refractivity contribution in [3.63, 3.8) is 0 Å². The first kappa shape index (κ1) is 19.2. The van der Waals surface area contributed by atoms with Gasteiger partial charge in [0.25, 0.3) is 0 Å². The first-order valence-corrected chi connectivity index (χ1v) is 10.4. The SMILES string of the molecule is COc1c(O)ccc2c1-c1ccc(CS(N)(=O)=O)cc1C(c1cccc(F)c1)O2. The number of nitrogens with two attached hydrogens (primary N) is 1. The van der Waals surface area contributed by atoms with Gasteiger partial charge in [0.15, 0.2) is 11.5 Å². The van der Waals surface area contributed by atoms with E-state index in [1.54, 1.807) is 36.4 Å². The van der Waals surface area contributed by atoms with Crippen molar-refractivity contribution in [3.8, 4) is 28.4 Å². The van der Waals surface area contributed by atoms with E-state index in [9.17, 15) is 17.9 Å². The maximum absolute atomic E-state index is 13.9. The topological polar surface area (TPSA) is 98.9 Å². The summed E-state index contributed by atoms with van der Waals surface area (Å²) in [5, 5.41) is 15.4. The molecule has 0 radical (unpaired) electrons. The maximum atomic E-state index is 13.9. The predicted molar refractivity (Wildman–Crippen MR) is 106 cm³/mol. The molecule has 0 saturated carbocycles. The number of fused-ring (bicyclic) bond motifs is 3. The third kappa shape index (κ3) is 3.64. The highest BCUT2D eigenvalue weighted by molar-refractivity contribution is 7.88. The maximum Gasteiger partial charge on any atom is 0.213 e. The van der Waals surface area contributed by atoms with E-state index in [-0.39, 0.29) is 17.3 Å². The van der Waals surface area contributed by atoms with Gasteiger partial charge in [0.05, 0.1) is 18.4 Å². The van der Waals surface area contributed by atoms with Crippen LogP contribution in [0.2, 0.25) is 0 Å². The Bertz CT molecular complexity index is 1210. The fraction of sp³-hybridized carbons (Fsp3) is 0.143. The minimum absolute atomic E-state index is 0.0568. The fourth-order valence-corrected chi connectivity index (χ4v) is 4.24. The number of phenols is 1. The van der Waals surface area contributed by atoms with Crippen LogP contribution in [0, 0.1) is 5.82 Å². The van der Waals surface area contributed by atoms with Crippen molar-refractivity contribution in [1.82, 2.24) is 0 Å². The molecule has 0 amide bonds. The van der Waals surface area contributed by atoms with E-state index in [1.807, 2.05) is 0 Å². The van der Waals surface area contributed by atoms with Gasteiger partial charge in [0.2, 0.25) is 10.0 Å². The number of ether oxygens (including phenoxy) is 2. The van der Waals surface area contributed by atoms with E-state index in [4.69, 9.17) is 14.6 Å². The predicted octanol–water partition coefficient (Wildman–Crippen LogP) is 3.48. The molecule has 3 aromatic rings. The standard InChI is InChI=1S/C21H18FNO5S/c1-27-21-17(24)7-8-18-19(21)15-6-5-12(11-29(23,25)26)9-16(15)20(28-18)13-3-2-4-14(22)10-13/h2-10,20,24H,11H2,1H3,(H2,23,25,26). The number of sulfonamides is 1. The lowest BCUT2D eigenvalue weighted by atomic mass is 9.88. The van der Waals surface area contributed by atoms with E-state index in [0.29, 0.717) is 33.6 Å². The lowest BCUT2D eigenvalue weighted by molar-refractivity contribution is 0.240. The van der Waals surface area contributed by atoms with Crippen molar-refractivity contribution >= 4 is 10.0 Å². The van der Waals surface area contributed by atoms with Crippen molar-refractivity contribution in [2.24, 2.45) is 5.14 Å². The number of rotatable bonds is 4. The number of phenolic OH excluding ortho intramolecular Hbond substituents is 1. The van der Waals surface area contributed by atoms with Crippen LogP contribution in [-0.4, -0.2) is 20.6 Å². The zero-order valence-corrected chi connectivity index (χ0v) is 16.2. The monoisotopic (exact) mass is 415 g/mol. The molecule has 1 aliphatic heterocycles. The van der Waals surface area contributed by atoms with Crippen molar-refractivity contribution in [2.75, 3.05) is 7.11 Å². The Labute approximate surface area is 167 Å². The van der Waals surface area contributed by atoms with Crippen molar-refractivity contribution in [3.05, 3.63) is 77.1 Å². The van der Waals surface area contributed by atoms with Crippen LogP contribution in [0.4, 0.5) is 4.39 Å². The van der Waals surface area contributed by atoms with Gasteiger partial charge in [0.1, 0.15) is 17.7 Å².